The van der Waals surface area contributed by atoms with Crippen LogP contribution >= 0.6 is 0 Å². The van der Waals surface area contributed by atoms with Gasteiger partial charge < -0.3 is 15.7 Å². The molecule has 12 heavy (non-hydrogen) atoms. The summed E-state index contributed by atoms with van der Waals surface area (Å²) in [7, 11) is 0. The Morgan fingerprint density at radius 3 is 2.67 bits per heavy atom. The summed E-state index contributed by atoms with van der Waals surface area (Å²) in [6, 6.07) is -0.388. The molecule has 0 aromatic carbocycles. The first-order valence-electron chi connectivity index (χ1n) is 3.40. The molecule has 1 aliphatic heterocycles. The second-order valence-corrected chi connectivity index (χ2v) is 2.48. The molecule has 1 aliphatic rings. The van der Waals surface area contributed by atoms with Gasteiger partial charge in [0.15, 0.2) is 0 Å². The molecule has 1 unspecified atom stereocenters. The Hall–Kier alpha value is -1.59. The molecule has 0 radical (unpaired) electrons. The van der Waals surface area contributed by atoms with E-state index in [2.05, 4.69) is 10.6 Å². The van der Waals surface area contributed by atoms with Crippen molar-refractivity contribution in [3.05, 3.63) is 0 Å². The molecule has 0 saturated carbocycles. The molecule has 3 N–H and O–H groups in total. The molecule has 2 amide bonds. The van der Waals surface area contributed by atoms with E-state index in [0.717, 1.165) is 0 Å². The largest absolute Gasteiger partial charge is 0.474 e. The zero-order chi connectivity index (χ0) is 9.14. The molecular weight excluding hydrogens is 164 g/mol. The van der Waals surface area contributed by atoms with Gasteiger partial charge in [0.25, 0.3) is 0 Å². The van der Waals surface area contributed by atoms with Crippen molar-refractivity contribution in [1.29, 1.82) is 0 Å². The van der Waals surface area contributed by atoms with Crippen LogP contribution in [0, 0.1) is 0 Å². The van der Waals surface area contributed by atoms with Gasteiger partial charge in [0.1, 0.15) is 0 Å². The van der Waals surface area contributed by atoms with Crippen molar-refractivity contribution in [2.75, 3.05) is 6.54 Å². The monoisotopic (exact) mass is 172 g/mol. The molecule has 0 bridgehead atoms. The van der Waals surface area contributed by atoms with E-state index >= 15 is 0 Å². The molecule has 6 heteroatoms. The van der Waals surface area contributed by atoms with Gasteiger partial charge >= 0.3 is 11.9 Å². The van der Waals surface area contributed by atoms with Crippen molar-refractivity contribution < 1.29 is 19.5 Å². The average Bonchev–Trinajstić information content (AvgIpc) is 2.35. The first-order chi connectivity index (χ1) is 5.59. The van der Waals surface area contributed by atoms with Crippen LogP contribution in [0.2, 0.25) is 0 Å². The van der Waals surface area contributed by atoms with Gasteiger partial charge in [-0.05, 0) is 0 Å². The quantitative estimate of drug-likeness (QED) is 0.401. The van der Waals surface area contributed by atoms with Crippen LogP contribution in [-0.2, 0) is 14.4 Å². The lowest BCUT2D eigenvalue weighted by atomic mass is 10.2. The van der Waals surface area contributed by atoms with Gasteiger partial charge in [-0.15, -0.1) is 0 Å². The average molecular weight is 172 g/mol. The second kappa shape index (κ2) is 3.21. The lowest BCUT2D eigenvalue weighted by molar-refractivity contribution is -0.150. The molecule has 1 heterocycles. The third-order valence-electron chi connectivity index (χ3n) is 1.51. The van der Waals surface area contributed by atoms with E-state index in [1.807, 2.05) is 0 Å². The Bertz CT molecular complexity index is 238. The van der Waals surface area contributed by atoms with Crippen molar-refractivity contribution >= 4 is 17.8 Å². The van der Waals surface area contributed by atoms with Crippen LogP contribution in [-0.4, -0.2) is 35.5 Å². The van der Waals surface area contributed by atoms with Gasteiger partial charge in [0.05, 0.1) is 6.04 Å². The van der Waals surface area contributed by atoms with Crippen LogP contribution < -0.4 is 10.6 Å². The maximum Gasteiger partial charge on any atom is 0.394 e. The minimum Gasteiger partial charge on any atom is -0.474 e. The Balaban J connectivity index is 2.37. The summed E-state index contributed by atoms with van der Waals surface area (Å²) < 4.78 is 0. The van der Waals surface area contributed by atoms with E-state index < -0.39 is 11.9 Å². The predicted octanol–water partition coefficient (Wildman–Crippen LogP) is -1.92. The third kappa shape index (κ3) is 1.94. The number of carbonyl (C=O) groups is 3. The van der Waals surface area contributed by atoms with Gasteiger partial charge in [-0.2, -0.15) is 0 Å². The first kappa shape index (κ1) is 8.51. The minimum absolute atomic E-state index is 0.152. The van der Waals surface area contributed by atoms with E-state index in [4.69, 9.17) is 5.11 Å². The van der Waals surface area contributed by atoms with Crippen LogP contribution in [0.3, 0.4) is 0 Å². The number of carbonyl (C=O) groups excluding carboxylic acids is 2. The van der Waals surface area contributed by atoms with Crippen molar-refractivity contribution in [1.82, 2.24) is 10.6 Å². The molecule has 0 spiro atoms. The Kier molecular flexibility index (Phi) is 2.27. The summed E-state index contributed by atoms with van der Waals surface area (Å²) in [4.78, 5) is 31.2. The molecule has 0 aromatic heterocycles. The topological polar surface area (TPSA) is 95.5 Å². The normalized spacial score (nSPS) is 21.7. The molecule has 1 atom stereocenters. The molecule has 6 nitrogen and oxygen atoms in total. The number of carboxylic acid groups (broad SMARTS) is 1. The highest BCUT2D eigenvalue weighted by molar-refractivity contribution is 6.31. The van der Waals surface area contributed by atoms with Gasteiger partial charge in [-0.1, -0.05) is 0 Å². The number of hydrogen-bond acceptors (Lipinski definition) is 3. The van der Waals surface area contributed by atoms with Crippen LogP contribution in [0.4, 0.5) is 0 Å². The lowest BCUT2D eigenvalue weighted by Crippen LogP contribution is -2.40. The SMILES string of the molecule is O=C1CC(NC(=O)C(=O)O)CN1. The highest BCUT2D eigenvalue weighted by atomic mass is 16.4. The van der Waals surface area contributed by atoms with Gasteiger partial charge in [-0.25, -0.2) is 4.79 Å². The number of carboxylic acids is 1. The van der Waals surface area contributed by atoms with E-state index in [-0.39, 0.29) is 18.4 Å². The molecule has 1 fully saturated rings. The molecule has 1 saturated heterocycles. The predicted molar refractivity (Wildman–Crippen MR) is 37.2 cm³/mol. The number of aliphatic carboxylic acids is 1. The van der Waals surface area contributed by atoms with Crippen LogP contribution in [0.15, 0.2) is 0 Å². The number of rotatable bonds is 1. The van der Waals surface area contributed by atoms with Gasteiger partial charge in [0.2, 0.25) is 5.91 Å². The Labute approximate surface area is 67.9 Å². The zero-order valence-electron chi connectivity index (χ0n) is 6.16. The van der Waals surface area contributed by atoms with Gasteiger partial charge in [0, 0.05) is 13.0 Å². The summed E-state index contributed by atoms with van der Waals surface area (Å²) in [6.07, 6.45) is 0.152. The maximum absolute atomic E-state index is 10.6. The van der Waals surface area contributed by atoms with E-state index in [9.17, 15) is 14.4 Å². The highest BCUT2D eigenvalue weighted by Crippen LogP contribution is 1.98. The summed E-state index contributed by atoms with van der Waals surface area (Å²) in [5.41, 5.74) is 0. The summed E-state index contributed by atoms with van der Waals surface area (Å²) >= 11 is 0. The smallest absolute Gasteiger partial charge is 0.394 e. The highest BCUT2D eigenvalue weighted by Gasteiger charge is 2.24. The molecule has 1 rings (SSSR count). The molecule has 0 aromatic rings. The fourth-order valence-electron chi connectivity index (χ4n) is 0.954. The van der Waals surface area contributed by atoms with Crippen LogP contribution in [0.25, 0.3) is 0 Å². The third-order valence-corrected chi connectivity index (χ3v) is 1.51. The maximum atomic E-state index is 10.6. The standard InChI is InChI=1S/C6H8N2O4/c9-4-1-3(2-7-4)8-5(10)6(11)12/h3H,1-2H2,(H,7,9)(H,8,10)(H,11,12). The number of amides is 2. The van der Waals surface area contributed by atoms with Crippen molar-refractivity contribution in [3.63, 3.8) is 0 Å². The zero-order valence-corrected chi connectivity index (χ0v) is 6.16. The summed E-state index contributed by atoms with van der Waals surface area (Å²) in [5, 5.41) is 12.8. The van der Waals surface area contributed by atoms with E-state index in [1.54, 1.807) is 0 Å². The lowest BCUT2D eigenvalue weighted by Gasteiger charge is -2.06. The fourth-order valence-corrected chi connectivity index (χ4v) is 0.954. The summed E-state index contributed by atoms with van der Waals surface area (Å²) in [5.74, 6) is -2.78. The molecule has 0 aliphatic carbocycles. The molecular formula is C6H8N2O4. The Morgan fingerprint density at radius 2 is 2.25 bits per heavy atom. The number of hydrogen-bond donors (Lipinski definition) is 3. The van der Waals surface area contributed by atoms with Crippen molar-refractivity contribution in [3.8, 4) is 0 Å². The minimum atomic E-state index is -1.53. The van der Waals surface area contributed by atoms with Crippen molar-refractivity contribution in [2.45, 2.75) is 12.5 Å². The number of nitrogens with one attached hydrogen (secondary N) is 2. The van der Waals surface area contributed by atoms with Gasteiger partial charge in [-0.3, -0.25) is 9.59 Å². The molecule has 66 valence electrons. The first-order valence-corrected chi connectivity index (χ1v) is 3.40. The Morgan fingerprint density at radius 1 is 1.58 bits per heavy atom. The van der Waals surface area contributed by atoms with Crippen LogP contribution in [0.1, 0.15) is 6.42 Å². The van der Waals surface area contributed by atoms with Crippen molar-refractivity contribution in [2.24, 2.45) is 0 Å². The second-order valence-electron chi connectivity index (χ2n) is 2.48. The summed E-state index contributed by atoms with van der Waals surface area (Å²) in [6.45, 7) is 0.303. The van der Waals surface area contributed by atoms with Crippen LogP contribution in [0.5, 0.6) is 0 Å². The van der Waals surface area contributed by atoms with E-state index in [0.29, 0.717) is 6.54 Å². The van der Waals surface area contributed by atoms with E-state index in [1.165, 1.54) is 0 Å². The fraction of sp³-hybridized carbons (Fsp3) is 0.500.